The van der Waals surface area contributed by atoms with Crippen molar-refractivity contribution >= 4 is 23.4 Å². The lowest BCUT2D eigenvalue weighted by atomic mass is 10.1. The molecule has 2 rings (SSSR count). The second-order valence-electron chi connectivity index (χ2n) is 5.10. The fourth-order valence-corrected chi connectivity index (χ4v) is 2.81. The molecule has 1 amide bonds. The third-order valence-corrected chi connectivity index (χ3v) is 4.49. The number of rotatable bonds is 8. The molecule has 124 valence electrons. The molecule has 7 heteroatoms. The lowest BCUT2D eigenvalue weighted by Gasteiger charge is -2.12. The number of amides is 1. The van der Waals surface area contributed by atoms with Crippen molar-refractivity contribution in [2.24, 2.45) is 0 Å². The molecule has 1 atom stereocenters. The Morgan fingerprint density at radius 1 is 1.39 bits per heavy atom. The van der Waals surface area contributed by atoms with Crippen LogP contribution >= 0.6 is 11.8 Å². The van der Waals surface area contributed by atoms with Gasteiger partial charge in [0.15, 0.2) is 5.16 Å². The van der Waals surface area contributed by atoms with Crippen LogP contribution in [0.2, 0.25) is 0 Å². The van der Waals surface area contributed by atoms with Crippen LogP contribution < -0.4 is 5.32 Å². The highest BCUT2D eigenvalue weighted by molar-refractivity contribution is 8.00. The number of aryl methyl sites for hydroxylation is 1. The summed E-state index contributed by atoms with van der Waals surface area (Å²) in [7, 11) is 1.65. The summed E-state index contributed by atoms with van der Waals surface area (Å²) in [6, 6.07) is 7.90. The molecule has 0 saturated carbocycles. The SMILES string of the molecule is CCc1ccc(NC(=O)C(C)Sc2nncn2CCOC)cc1. The number of methoxy groups -OCH3 is 1. The van der Waals surface area contributed by atoms with Crippen LogP contribution in [-0.4, -0.2) is 39.6 Å². The lowest BCUT2D eigenvalue weighted by Crippen LogP contribution is -2.23. The van der Waals surface area contributed by atoms with E-state index < -0.39 is 0 Å². The quantitative estimate of drug-likeness (QED) is 0.752. The first-order chi connectivity index (χ1) is 11.1. The third-order valence-electron chi connectivity index (χ3n) is 3.40. The van der Waals surface area contributed by atoms with E-state index in [0.717, 1.165) is 12.1 Å². The molecule has 1 unspecified atom stereocenters. The summed E-state index contributed by atoms with van der Waals surface area (Å²) in [5, 5.41) is 11.3. The third kappa shape index (κ3) is 5.07. The van der Waals surface area contributed by atoms with Crippen molar-refractivity contribution in [2.75, 3.05) is 19.0 Å². The van der Waals surface area contributed by atoms with Gasteiger partial charge >= 0.3 is 0 Å². The predicted octanol–water partition coefficient (Wildman–Crippen LogP) is 2.61. The minimum atomic E-state index is -0.272. The van der Waals surface area contributed by atoms with Crippen molar-refractivity contribution in [1.82, 2.24) is 14.8 Å². The molecule has 2 aromatic rings. The Labute approximate surface area is 140 Å². The Bertz CT molecular complexity index is 627. The molecule has 0 spiro atoms. The Kier molecular flexibility index (Phi) is 6.61. The monoisotopic (exact) mass is 334 g/mol. The van der Waals surface area contributed by atoms with Gasteiger partial charge < -0.3 is 14.6 Å². The fourth-order valence-electron chi connectivity index (χ4n) is 1.96. The number of benzene rings is 1. The molecule has 0 saturated heterocycles. The van der Waals surface area contributed by atoms with Crippen molar-refractivity contribution in [1.29, 1.82) is 0 Å². The standard InChI is InChI=1S/C16H22N4O2S/c1-4-13-5-7-14(8-6-13)18-15(21)12(2)23-16-19-17-11-20(16)9-10-22-3/h5-8,11-12H,4,9-10H2,1-3H3,(H,18,21). The van der Waals surface area contributed by atoms with Crippen molar-refractivity contribution in [3.8, 4) is 0 Å². The van der Waals surface area contributed by atoms with E-state index in [1.165, 1.54) is 17.3 Å². The average Bonchev–Trinajstić information content (AvgIpc) is 3.00. The highest BCUT2D eigenvalue weighted by Gasteiger charge is 2.18. The average molecular weight is 334 g/mol. The van der Waals surface area contributed by atoms with Gasteiger partial charge in [-0.15, -0.1) is 10.2 Å². The molecule has 0 aliphatic heterocycles. The molecule has 1 heterocycles. The van der Waals surface area contributed by atoms with Crippen LogP contribution in [0.5, 0.6) is 0 Å². The van der Waals surface area contributed by atoms with E-state index >= 15 is 0 Å². The van der Waals surface area contributed by atoms with Crippen molar-refractivity contribution in [3.63, 3.8) is 0 Å². The summed E-state index contributed by atoms with van der Waals surface area (Å²) in [6.45, 7) is 5.20. The number of anilines is 1. The first kappa shape index (κ1) is 17.5. The molecule has 0 bridgehead atoms. The summed E-state index contributed by atoms with van der Waals surface area (Å²) in [6.07, 6.45) is 2.63. The predicted molar refractivity (Wildman–Crippen MR) is 91.7 cm³/mol. The number of nitrogens with one attached hydrogen (secondary N) is 1. The van der Waals surface area contributed by atoms with E-state index in [4.69, 9.17) is 4.74 Å². The Hall–Kier alpha value is -1.86. The fraction of sp³-hybridized carbons (Fsp3) is 0.438. The van der Waals surface area contributed by atoms with Gasteiger partial charge in [-0.05, 0) is 31.0 Å². The Morgan fingerprint density at radius 2 is 2.13 bits per heavy atom. The second kappa shape index (κ2) is 8.69. The zero-order valence-electron chi connectivity index (χ0n) is 13.7. The molecular weight excluding hydrogens is 312 g/mol. The Morgan fingerprint density at radius 3 is 2.78 bits per heavy atom. The number of hydrogen-bond donors (Lipinski definition) is 1. The lowest BCUT2D eigenvalue weighted by molar-refractivity contribution is -0.115. The van der Waals surface area contributed by atoms with Crippen LogP contribution in [0.1, 0.15) is 19.4 Å². The largest absolute Gasteiger partial charge is 0.383 e. The number of carbonyl (C=O) groups is 1. The molecule has 6 nitrogen and oxygen atoms in total. The van der Waals surface area contributed by atoms with Crippen molar-refractivity contribution < 1.29 is 9.53 Å². The van der Waals surface area contributed by atoms with Crippen LogP contribution in [0.4, 0.5) is 5.69 Å². The van der Waals surface area contributed by atoms with Gasteiger partial charge in [-0.1, -0.05) is 30.8 Å². The van der Waals surface area contributed by atoms with Gasteiger partial charge in [0.25, 0.3) is 0 Å². The highest BCUT2D eigenvalue weighted by Crippen LogP contribution is 2.22. The van der Waals surface area contributed by atoms with E-state index in [9.17, 15) is 4.79 Å². The smallest absolute Gasteiger partial charge is 0.237 e. The minimum Gasteiger partial charge on any atom is -0.383 e. The molecule has 23 heavy (non-hydrogen) atoms. The maximum atomic E-state index is 12.3. The first-order valence-corrected chi connectivity index (χ1v) is 8.45. The van der Waals surface area contributed by atoms with Crippen molar-refractivity contribution in [2.45, 2.75) is 37.2 Å². The van der Waals surface area contributed by atoms with Gasteiger partial charge in [0, 0.05) is 19.3 Å². The highest BCUT2D eigenvalue weighted by atomic mass is 32.2. The molecule has 1 aromatic heterocycles. The minimum absolute atomic E-state index is 0.0551. The molecule has 0 fully saturated rings. The molecule has 0 radical (unpaired) electrons. The maximum absolute atomic E-state index is 12.3. The summed E-state index contributed by atoms with van der Waals surface area (Å²) in [4.78, 5) is 12.3. The van der Waals surface area contributed by atoms with Crippen LogP contribution in [0, 0.1) is 0 Å². The number of nitrogens with zero attached hydrogens (tertiary/aromatic N) is 3. The number of aromatic nitrogens is 3. The van der Waals surface area contributed by atoms with Gasteiger partial charge in [-0.25, -0.2) is 0 Å². The van der Waals surface area contributed by atoms with Gasteiger partial charge in [0.05, 0.1) is 11.9 Å². The molecule has 1 N–H and O–H groups in total. The summed E-state index contributed by atoms with van der Waals surface area (Å²) >= 11 is 1.38. The van der Waals surface area contributed by atoms with E-state index in [0.29, 0.717) is 18.3 Å². The number of carbonyl (C=O) groups excluding carboxylic acids is 1. The van der Waals surface area contributed by atoms with Gasteiger partial charge in [-0.3, -0.25) is 4.79 Å². The molecular formula is C16H22N4O2S. The Balaban J connectivity index is 1.93. The van der Waals surface area contributed by atoms with Gasteiger partial charge in [0.1, 0.15) is 6.33 Å². The van der Waals surface area contributed by atoms with Crippen LogP contribution in [0.25, 0.3) is 0 Å². The van der Waals surface area contributed by atoms with Crippen LogP contribution in [0.15, 0.2) is 35.7 Å². The molecule has 0 aliphatic rings. The maximum Gasteiger partial charge on any atom is 0.237 e. The summed E-state index contributed by atoms with van der Waals surface area (Å²) < 4.78 is 6.94. The molecule has 0 aliphatic carbocycles. The normalized spacial score (nSPS) is 12.1. The van der Waals surface area contributed by atoms with Gasteiger partial charge in [0.2, 0.25) is 5.91 Å². The van der Waals surface area contributed by atoms with E-state index in [1.807, 2.05) is 35.8 Å². The van der Waals surface area contributed by atoms with E-state index in [-0.39, 0.29) is 11.2 Å². The number of hydrogen-bond acceptors (Lipinski definition) is 5. The first-order valence-electron chi connectivity index (χ1n) is 7.57. The zero-order valence-corrected chi connectivity index (χ0v) is 14.5. The zero-order chi connectivity index (χ0) is 16.7. The molecule has 1 aromatic carbocycles. The summed E-state index contributed by atoms with van der Waals surface area (Å²) in [5.74, 6) is -0.0551. The van der Waals surface area contributed by atoms with Crippen LogP contribution in [0.3, 0.4) is 0 Å². The van der Waals surface area contributed by atoms with E-state index in [2.05, 4.69) is 22.4 Å². The van der Waals surface area contributed by atoms with Crippen LogP contribution in [-0.2, 0) is 22.5 Å². The topological polar surface area (TPSA) is 69.0 Å². The summed E-state index contributed by atoms with van der Waals surface area (Å²) in [5.41, 5.74) is 2.05. The number of ether oxygens (including phenoxy) is 1. The second-order valence-corrected chi connectivity index (χ2v) is 6.41. The number of thioether (sulfide) groups is 1. The van der Waals surface area contributed by atoms with Crippen molar-refractivity contribution in [3.05, 3.63) is 36.2 Å². The van der Waals surface area contributed by atoms with E-state index in [1.54, 1.807) is 13.4 Å². The van der Waals surface area contributed by atoms with Gasteiger partial charge in [-0.2, -0.15) is 0 Å².